The highest BCUT2D eigenvalue weighted by atomic mass is 35.5. The van der Waals surface area contributed by atoms with E-state index in [1.165, 1.54) is 6.07 Å². The van der Waals surface area contributed by atoms with Gasteiger partial charge in [-0.2, -0.15) is 0 Å². The lowest BCUT2D eigenvalue weighted by molar-refractivity contribution is 0.274. The molecule has 7 heteroatoms. The maximum atomic E-state index is 14.1. The molecule has 0 saturated carbocycles. The molecule has 1 rings (SSSR count). The van der Waals surface area contributed by atoms with Gasteiger partial charge >= 0.3 is 0 Å². The molecule has 21 heavy (non-hydrogen) atoms. The van der Waals surface area contributed by atoms with Crippen LogP contribution in [-0.2, 0) is 16.6 Å². The molecule has 0 aliphatic carbocycles. The molecule has 120 valence electrons. The summed E-state index contributed by atoms with van der Waals surface area (Å²) in [6.45, 7) is 5.21. The van der Waals surface area contributed by atoms with Crippen molar-refractivity contribution in [1.82, 2.24) is 4.72 Å². The molecule has 1 unspecified atom stereocenters. The summed E-state index contributed by atoms with van der Waals surface area (Å²) in [5.74, 6) is -0.508. The Morgan fingerprint density at radius 2 is 1.90 bits per heavy atom. The molecule has 0 aliphatic rings. The Morgan fingerprint density at radius 3 is 2.43 bits per heavy atom. The van der Waals surface area contributed by atoms with E-state index in [0.29, 0.717) is 12.3 Å². The highest BCUT2D eigenvalue weighted by Crippen LogP contribution is 2.24. The van der Waals surface area contributed by atoms with Crippen LogP contribution >= 0.6 is 11.6 Å². The van der Waals surface area contributed by atoms with Gasteiger partial charge in [-0.15, -0.1) is 0 Å². The monoisotopic (exact) mass is 337 g/mol. The van der Waals surface area contributed by atoms with Gasteiger partial charge in [0.1, 0.15) is 10.7 Å². The Balaban J connectivity index is 3.00. The molecule has 4 nitrogen and oxygen atoms in total. The Hall–Kier alpha value is -0.690. The van der Waals surface area contributed by atoms with Crippen LogP contribution in [0.25, 0.3) is 0 Å². The number of aliphatic hydroxyl groups is 1. The van der Waals surface area contributed by atoms with Crippen LogP contribution in [0.5, 0.6) is 0 Å². The molecular formula is C14H21ClFNO3S. The smallest absolute Gasteiger partial charge is 0.243 e. The first-order chi connectivity index (χ1) is 9.67. The second-order valence-corrected chi connectivity index (χ2v) is 7.65. The van der Waals surface area contributed by atoms with E-state index in [1.54, 1.807) is 6.92 Å². The van der Waals surface area contributed by atoms with Crippen molar-refractivity contribution in [1.29, 1.82) is 0 Å². The molecule has 0 saturated heterocycles. The lowest BCUT2D eigenvalue weighted by Gasteiger charge is -2.16. The van der Waals surface area contributed by atoms with Crippen molar-refractivity contribution in [2.45, 2.75) is 51.2 Å². The third kappa shape index (κ3) is 5.21. The van der Waals surface area contributed by atoms with Crippen molar-refractivity contribution in [2.75, 3.05) is 0 Å². The molecular weight excluding hydrogens is 317 g/mol. The third-order valence-electron chi connectivity index (χ3n) is 3.07. The first kappa shape index (κ1) is 18.4. The van der Waals surface area contributed by atoms with E-state index in [2.05, 4.69) is 4.72 Å². The number of benzene rings is 1. The van der Waals surface area contributed by atoms with Gasteiger partial charge in [0.15, 0.2) is 0 Å². The van der Waals surface area contributed by atoms with Gasteiger partial charge in [-0.1, -0.05) is 25.4 Å². The van der Waals surface area contributed by atoms with E-state index < -0.39 is 27.3 Å². The first-order valence-electron chi connectivity index (χ1n) is 6.78. The average Bonchev–Trinajstić information content (AvgIpc) is 2.38. The fourth-order valence-electron chi connectivity index (χ4n) is 1.90. The summed E-state index contributed by atoms with van der Waals surface area (Å²) in [6.07, 6.45) is 1.52. The maximum absolute atomic E-state index is 14.1. The highest BCUT2D eigenvalue weighted by Gasteiger charge is 2.24. The summed E-state index contributed by atoms with van der Waals surface area (Å²) in [7, 11) is -4.01. The summed E-state index contributed by atoms with van der Waals surface area (Å²) in [5, 5.41) is 9.11. The molecule has 0 amide bonds. The molecule has 2 N–H and O–H groups in total. The zero-order valence-corrected chi connectivity index (χ0v) is 13.9. The van der Waals surface area contributed by atoms with Gasteiger partial charge in [0.05, 0.1) is 6.61 Å². The summed E-state index contributed by atoms with van der Waals surface area (Å²) in [5.41, 5.74) is -0.141. The minimum atomic E-state index is -4.01. The number of hydrogen-bond donors (Lipinski definition) is 2. The van der Waals surface area contributed by atoms with Gasteiger partial charge in [0.2, 0.25) is 10.0 Å². The fraction of sp³-hybridized carbons (Fsp3) is 0.571. The van der Waals surface area contributed by atoms with Crippen LogP contribution in [0.15, 0.2) is 17.0 Å². The van der Waals surface area contributed by atoms with Gasteiger partial charge in [0, 0.05) is 16.6 Å². The molecule has 0 aromatic heterocycles. The summed E-state index contributed by atoms with van der Waals surface area (Å²) in [6, 6.07) is 1.94. The van der Waals surface area contributed by atoms with E-state index in [4.69, 9.17) is 16.7 Å². The van der Waals surface area contributed by atoms with Crippen LogP contribution in [0.2, 0.25) is 5.02 Å². The van der Waals surface area contributed by atoms with Crippen LogP contribution in [0.3, 0.4) is 0 Å². The number of sulfonamides is 1. The van der Waals surface area contributed by atoms with Gasteiger partial charge in [-0.25, -0.2) is 17.5 Å². The SMILES string of the molecule is CC(C)CCC(C)NS(=O)(=O)c1cc(Cl)cc(CO)c1F. The molecule has 0 radical (unpaired) electrons. The average molecular weight is 338 g/mol. The van der Waals surface area contributed by atoms with Crippen molar-refractivity contribution in [3.05, 3.63) is 28.5 Å². The Kier molecular flexibility index (Phi) is 6.59. The number of hydrogen-bond acceptors (Lipinski definition) is 3. The standard InChI is InChI=1S/C14H21ClFNO3S/c1-9(2)4-5-10(3)17-21(19,20)13-7-12(15)6-11(8-18)14(13)16/h6-7,9-10,17-18H,4-5,8H2,1-3H3. The third-order valence-corrected chi connectivity index (χ3v) is 4.88. The van der Waals surface area contributed by atoms with Gasteiger partial charge in [0.25, 0.3) is 0 Å². The van der Waals surface area contributed by atoms with Crippen LogP contribution in [0, 0.1) is 11.7 Å². The molecule has 0 spiro atoms. The normalized spacial score (nSPS) is 13.7. The Labute approximate surface area is 130 Å². The molecule has 1 aromatic carbocycles. The zero-order chi connectivity index (χ0) is 16.2. The predicted molar refractivity (Wildman–Crippen MR) is 81.2 cm³/mol. The minimum Gasteiger partial charge on any atom is -0.392 e. The van der Waals surface area contributed by atoms with Crippen molar-refractivity contribution in [2.24, 2.45) is 5.92 Å². The Morgan fingerprint density at radius 1 is 1.29 bits per heavy atom. The lowest BCUT2D eigenvalue weighted by atomic mass is 10.1. The number of rotatable bonds is 7. The van der Waals surface area contributed by atoms with Crippen LogP contribution in [0.4, 0.5) is 4.39 Å². The van der Waals surface area contributed by atoms with E-state index in [-0.39, 0.29) is 16.6 Å². The van der Waals surface area contributed by atoms with E-state index in [9.17, 15) is 12.8 Å². The van der Waals surface area contributed by atoms with Crippen molar-refractivity contribution in [3.8, 4) is 0 Å². The lowest BCUT2D eigenvalue weighted by Crippen LogP contribution is -2.33. The number of aliphatic hydroxyl groups excluding tert-OH is 1. The molecule has 1 atom stereocenters. The number of nitrogens with one attached hydrogen (secondary N) is 1. The van der Waals surface area contributed by atoms with Crippen LogP contribution in [0.1, 0.15) is 39.2 Å². The van der Waals surface area contributed by atoms with Crippen LogP contribution < -0.4 is 4.72 Å². The molecule has 0 fully saturated rings. The maximum Gasteiger partial charge on any atom is 0.243 e. The number of halogens is 2. The van der Waals surface area contributed by atoms with Crippen molar-refractivity contribution < 1.29 is 17.9 Å². The van der Waals surface area contributed by atoms with E-state index in [0.717, 1.165) is 12.5 Å². The summed E-state index contributed by atoms with van der Waals surface area (Å²) >= 11 is 5.78. The summed E-state index contributed by atoms with van der Waals surface area (Å²) in [4.78, 5) is -0.532. The largest absolute Gasteiger partial charge is 0.392 e. The fourth-order valence-corrected chi connectivity index (χ4v) is 3.63. The summed E-state index contributed by atoms with van der Waals surface area (Å²) < 4.78 is 41.0. The Bertz CT molecular complexity index is 590. The van der Waals surface area contributed by atoms with Crippen LogP contribution in [-0.4, -0.2) is 19.6 Å². The topological polar surface area (TPSA) is 66.4 Å². The van der Waals surface area contributed by atoms with E-state index >= 15 is 0 Å². The van der Waals surface area contributed by atoms with Crippen molar-refractivity contribution >= 4 is 21.6 Å². The minimum absolute atomic E-state index is 0.0654. The second-order valence-electron chi connectivity index (χ2n) is 5.53. The zero-order valence-electron chi connectivity index (χ0n) is 12.4. The molecule has 0 aliphatic heterocycles. The molecule has 1 aromatic rings. The van der Waals surface area contributed by atoms with E-state index in [1.807, 2.05) is 13.8 Å². The molecule has 0 heterocycles. The second kappa shape index (κ2) is 7.54. The van der Waals surface area contributed by atoms with Gasteiger partial charge < -0.3 is 5.11 Å². The quantitative estimate of drug-likeness (QED) is 0.803. The highest BCUT2D eigenvalue weighted by molar-refractivity contribution is 7.89. The molecule has 0 bridgehead atoms. The van der Waals surface area contributed by atoms with Gasteiger partial charge in [-0.05, 0) is 37.8 Å². The van der Waals surface area contributed by atoms with Crippen molar-refractivity contribution in [3.63, 3.8) is 0 Å². The van der Waals surface area contributed by atoms with Gasteiger partial charge in [-0.3, -0.25) is 0 Å². The predicted octanol–water partition coefficient (Wildman–Crippen LogP) is 3.07. The first-order valence-corrected chi connectivity index (χ1v) is 8.64.